The number of aryl methyl sites for hydroxylation is 1. The van der Waals surface area contributed by atoms with Crippen LogP contribution < -0.4 is 4.74 Å². The van der Waals surface area contributed by atoms with Crippen LogP contribution >= 0.6 is 23.2 Å². The third-order valence-corrected chi connectivity index (χ3v) is 8.88. The Morgan fingerprint density at radius 2 is 2.03 bits per heavy atom. The van der Waals surface area contributed by atoms with Crippen molar-refractivity contribution >= 4 is 40.1 Å². The quantitative estimate of drug-likeness (QED) is 0.208. The van der Waals surface area contributed by atoms with E-state index in [0.29, 0.717) is 40.1 Å². The number of aliphatic carboxylic acids is 1. The summed E-state index contributed by atoms with van der Waals surface area (Å²) in [4.78, 5) is 18.2. The van der Waals surface area contributed by atoms with Gasteiger partial charge in [0.15, 0.2) is 0 Å². The summed E-state index contributed by atoms with van der Waals surface area (Å²) in [7, 11) is 1.60. The molecule has 39 heavy (non-hydrogen) atoms. The van der Waals surface area contributed by atoms with E-state index in [0.717, 1.165) is 68.2 Å². The third kappa shape index (κ3) is 8.06. The van der Waals surface area contributed by atoms with Crippen molar-refractivity contribution in [1.82, 2.24) is 9.88 Å². The number of pyridine rings is 1. The second kappa shape index (κ2) is 14.3. The first-order chi connectivity index (χ1) is 18.9. The van der Waals surface area contributed by atoms with Crippen molar-refractivity contribution in [3.8, 4) is 5.75 Å². The van der Waals surface area contributed by atoms with Crippen LogP contribution in [0.1, 0.15) is 62.2 Å². The van der Waals surface area contributed by atoms with Gasteiger partial charge < -0.3 is 14.7 Å². The van der Waals surface area contributed by atoms with Crippen LogP contribution in [0, 0.1) is 11.8 Å². The lowest BCUT2D eigenvalue weighted by molar-refractivity contribution is -0.137. The number of methoxy groups -OCH3 is 1. The molecule has 0 spiro atoms. The summed E-state index contributed by atoms with van der Waals surface area (Å²) in [5, 5.41) is 11.3. The molecular formula is C31H37Cl2FN2O3. The van der Waals surface area contributed by atoms with Gasteiger partial charge in [0.05, 0.1) is 22.7 Å². The van der Waals surface area contributed by atoms with Gasteiger partial charge in [0.25, 0.3) is 0 Å². The van der Waals surface area contributed by atoms with E-state index in [1.807, 2.05) is 30.3 Å². The fraction of sp³-hybridized carbons (Fsp3) is 0.484. The van der Waals surface area contributed by atoms with Crippen LogP contribution in [0.25, 0.3) is 10.9 Å². The molecule has 1 N–H and O–H groups in total. The van der Waals surface area contributed by atoms with Crippen LogP contribution in [0.2, 0.25) is 10.0 Å². The summed E-state index contributed by atoms with van der Waals surface area (Å²) in [6.45, 7) is 2.78. The molecule has 1 aliphatic heterocycles. The van der Waals surface area contributed by atoms with Gasteiger partial charge in [-0.25, -0.2) is 4.39 Å². The Kier molecular flexibility index (Phi) is 10.8. The highest BCUT2D eigenvalue weighted by Gasteiger charge is 2.30. The van der Waals surface area contributed by atoms with Gasteiger partial charge in [0.1, 0.15) is 11.9 Å². The third-order valence-electron chi connectivity index (χ3n) is 8.02. The summed E-state index contributed by atoms with van der Waals surface area (Å²) < 4.78 is 20.9. The molecule has 0 radical (unpaired) electrons. The Morgan fingerprint density at radius 1 is 1.18 bits per heavy atom. The van der Waals surface area contributed by atoms with Gasteiger partial charge in [-0.15, -0.1) is 0 Å². The number of carboxylic acid groups (broad SMARTS) is 1. The first-order valence-electron chi connectivity index (χ1n) is 13.8. The average molecular weight is 576 g/mol. The molecule has 0 bridgehead atoms. The summed E-state index contributed by atoms with van der Waals surface area (Å²) in [6.07, 6.45) is 6.35. The minimum atomic E-state index is -1.11. The fourth-order valence-corrected chi connectivity index (χ4v) is 6.24. The number of piperidine rings is 1. The highest BCUT2D eigenvalue weighted by molar-refractivity contribution is 6.42. The topological polar surface area (TPSA) is 62.7 Å². The van der Waals surface area contributed by atoms with Crippen LogP contribution in [0.4, 0.5) is 4.39 Å². The molecule has 3 atom stereocenters. The SMILES string of the molecule is COc1ccc2nccc([C@@H](F)CCC3CCN(CCCCc4cccc(Cl)c4Cl)CC3CCC(=O)O)c2c1. The van der Waals surface area contributed by atoms with Crippen LogP contribution in [-0.2, 0) is 11.2 Å². The number of fused-ring (bicyclic) bond motifs is 1. The zero-order valence-electron chi connectivity index (χ0n) is 22.4. The molecule has 1 aromatic heterocycles. The lowest BCUT2D eigenvalue weighted by Gasteiger charge is -2.39. The zero-order valence-corrected chi connectivity index (χ0v) is 23.9. The summed E-state index contributed by atoms with van der Waals surface area (Å²) in [6, 6.07) is 13.0. The lowest BCUT2D eigenvalue weighted by atomic mass is 9.79. The Bertz CT molecular complexity index is 1260. The number of nitrogens with zero attached hydrogens (tertiary/aromatic N) is 2. The van der Waals surface area contributed by atoms with E-state index in [1.54, 1.807) is 25.4 Å². The van der Waals surface area contributed by atoms with Gasteiger partial charge >= 0.3 is 5.97 Å². The first kappa shape index (κ1) is 29.6. The minimum Gasteiger partial charge on any atom is -0.497 e. The number of likely N-dealkylation sites (tertiary alicyclic amines) is 1. The molecule has 3 aromatic rings. The molecule has 0 amide bonds. The standard InChI is InChI=1S/C31H37Cl2FN2O3/c1-39-24-10-12-29-26(19-24)25(14-16-35-29)28(34)11-8-21-15-18-36(20-23(21)9-13-30(37)38)17-3-2-5-22-6-4-7-27(32)31(22)33/h4,6-7,10,12,14,16,19,21,23,28H,2-3,5,8-9,11,13,15,17-18,20H2,1H3,(H,37,38)/t21?,23?,28-/m0/s1. The number of unbranched alkanes of at least 4 members (excludes halogenated alkanes) is 1. The molecular weight excluding hydrogens is 538 g/mol. The molecule has 5 nitrogen and oxygen atoms in total. The van der Waals surface area contributed by atoms with Gasteiger partial charge in [-0.05, 0) is 111 Å². The van der Waals surface area contributed by atoms with Gasteiger partial charge in [-0.2, -0.15) is 0 Å². The monoisotopic (exact) mass is 574 g/mol. The van der Waals surface area contributed by atoms with E-state index in [-0.39, 0.29) is 12.3 Å². The predicted molar refractivity (Wildman–Crippen MR) is 156 cm³/mol. The van der Waals surface area contributed by atoms with Gasteiger partial charge in [-0.3, -0.25) is 9.78 Å². The molecule has 1 fully saturated rings. The predicted octanol–water partition coefficient (Wildman–Crippen LogP) is 8.17. The lowest BCUT2D eigenvalue weighted by Crippen LogP contribution is -2.41. The molecule has 0 saturated carbocycles. The second-order valence-electron chi connectivity index (χ2n) is 10.5. The van der Waals surface area contributed by atoms with Gasteiger partial charge in [0, 0.05) is 24.5 Å². The van der Waals surface area contributed by atoms with Crippen LogP contribution in [0.5, 0.6) is 5.75 Å². The van der Waals surface area contributed by atoms with Crippen molar-refractivity contribution in [3.63, 3.8) is 0 Å². The Morgan fingerprint density at radius 3 is 2.82 bits per heavy atom. The van der Waals surface area contributed by atoms with E-state index in [2.05, 4.69) is 9.88 Å². The number of ether oxygens (including phenoxy) is 1. The second-order valence-corrected chi connectivity index (χ2v) is 11.3. The molecule has 2 unspecified atom stereocenters. The summed E-state index contributed by atoms with van der Waals surface area (Å²) in [5.41, 5.74) is 2.46. The molecule has 2 heterocycles. The van der Waals surface area contributed by atoms with Crippen LogP contribution in [-0.4, -0.2) is 47.7 Å². The number of carboxylic acids is 1. The Labute approximate surface area is 240 Å². The molecule has 4 rings (SSSR count). The van der Waals surface area contributed by atoms with Crippen molar-refractivity contribution < 1.29 is 19.0 Å². The smallest absolute Gasteiger partial charge is 0.303 e. The number of carbonyl (C=O) groups is 1. The fourth-order valence-electron chi connectivity index (χ4n) is 5.83. The van der Waals surface area contributed by atoms with Crippen molar-refractivity contribution in [2.24, 2.45) is 11.8 Å². The maximum absolute atomic E-state index is 15.6. The number of alkyl halides is 1. The van der Waals surface area contributed by atoms with Crippen molar-refractivity contribution in [2.45, 2.75) is 57.5 Å². The Balaban J connectivity index is 1.32. The normalized spacial score (nSPS) is 18.8. The number of benzene rings is 2. The zero-order chi connectivity index (χ0) is 27.8. The molecule has 1 aliphatic rings. The number of rotatable bonds is 13. The van der Waals surface area contributed by atoms with E-state index in [1.165, 1.54) is 0 Å². The maximum Gasteiger partial charge on any atom is 0.303 e. The number of hydrogen-bond donors (Lipinski definition) is 1. The summed E-state index contributed by atoms with van der Waals surface area (Å²) in [5.74, 6) is 0.469. The molecule has 0 aliphatic carbocycles. The van der Waals surface area contributed by atoms with Gasteiger partial charge in [-0.1, -0.05) is 35.3 Å². The number of aromatic nitrogens is 1. The maximum atomic E-state index is 15.6. The van der Waals surface area contributed by atoms with Crippen LogP contribution in [0.3, 0.4) is 0 Å². The average Bonchev–Trinajstić information content (AvgIpc) is 2.94. The van der Waals surface area contributed by atoms with Crippen molar-refractivity contribution in [3.05, 3.63) is 69.8 Å². The molecule has 210 valence electrons. The molecule has 1 saturated heterocycles. The van der Waals surface area contributed by atoms with Crippen molar-refractivity contribution in [1.29, 1.82) is 0 Å². The molecule has 2 aromatic carbocycles. The van der Waals surface area contributed by atoms with E-state index in [9.17, 15) is 9.90 Å². The largest absolute Gasteiger partial charge is 0.497 e. The van der Waals surface area contributed by atoms with Crippen LogP contribution in [0.15, 0.2) is 48.7 Å². The molecule has 8 heteroatoms. The van der Waals surface area contributed by atoms with Gasteiger partial charge in [0.2, 0.25) is 0 Å². The van der Waals surface area contributed by atoms with E-state index >= 15 is 4.39 Å². The number of hydrogen-bond acceptors (Lipinski definition) is 4. The minimum absolute atomic E-state index is 0.149. The first-order valence-corrected chi connectivity index (χ1v) is 14.5. The highest BCUT2D eigenvalue weighted by Crippen LogP contribution is 2.37. The van der Waals surface area contributed by atoms with E-state index in [4.69, 9.17) is 27.9 Å². The highest BCUT2D eigenvalue weighted by atomic mass is 35.5. The Hall–Kier alpha value is -2.41. The van der Waals surface area contributed by atoms with E-state index < -0.39 is 12.1 Å². The number of halogens is 3. The summed E-state index contributed by atoms with van der Waals surface area (Å²) >= 11 is 12.5. The van der Waals surface area contributed by atoms with Crippen molar-refractivity contribution in [2.75, 3.05) is 26.7 Å².